The number of hydrogen-bond donors (Lipinski definition) is 2. The Labute approximate surface area is 190 Å². The second-order valence-electron chi connectivity index (χ2n) is 6.54. The lowest BCUT2D eigenvalue weighted by Crippen LogP contribution is -2.41. The summed E-state index contributed by atoms with van der Waals surface area (Å²) in [6.07, 6.45) is 0.803. The van der Waals surface area contributed by atoms with E-state index in [9.17, 15) is 4.79 Å². The van der Waals surface area contributed by atoms with Crippen LogP contribution in [-0.4, -0.2) is 57.6 Å². The van der Waals surface area contributed by atoms with E-state index in [1.807, 2.05) is 67.4 Å². The van der Waals surface area contributed by atoms with Gasteiger partial charge in [0.05, 0.1) is 6.54 Å². The molecule has 6 nitrogen and oxygen atoms in total. The smallest absolute Gasteiger partial charge is 0.251 e. The van der Waals surface area contributed by atoms with Crippen LogP contribution in [0.1, 0.15) is 21.5 Å². The number of carbonyl (C=O) groups is 1. The van der Waals surface area contributed by atoms with Crippen molar-refractivity contribution in [1.82, 2.24) is 15.5 Å². The fourth-order valence-electron chi connectivity index (χ4n) is 2.83. The first-order valence-electron chi connectivity index (χ1n) is 9.46. The maximum atomic E-state index is 11.7. The number of para-hydroxylation sites is 1. The zero-order valence-electron chi connectivity index (χ0n) is 17.6. The number of ether oxygens (including phenoxy) is 1. The van der Waals surface area contributed by atoms with Gasteiger partial charge in [0.1, 0.15) is 12.4 Å². The Balaban J connectivity index is 0.00000420. The maximum absolute atomic E-state index is 11.7. The van der Waals surface area contributed by atoms with Crippen LogP contribution in [0.25, 0.3) is 0 Å². The third kappa shape index (κ3) is 7.92. The van der Waals surface area contributed by atoms with E-state index in [1.54, 1.807) is 14.1 Å². The molecule has 0 heterocycles. The lowest BCUT2D eigenvalue weighted by molar-refractivity contribution is 0.0963. The first kappa shape index (κ1) is 24.7. The third-order valence-corrected chi connectivity index (χ3v) is 4.46. The molecular weight excluding hydrogens is 479 g/mol. The highest BCUT2D eigenvalue weighted by Gasteiger charge is 2.07. The number of halogens is 1. The van der Waals surface area contributed by atoms with E-state index < -0.39 is 0 Å². The number of hydrogen-bond acceptors (Lipinski definition) is 3. The number of benzene rings is 2. The molecule has 0 fully saturated rings. The molecule has 0 aromatic heterocycles. The largest absolute Gasteiger partial charge is 0.491 e. The Morgan fingerprint density at radius 3 is 2.62 bits per heavy atom. The highest BCUT2D eigenvalue weighted by molar-refractivity contribution is 14.0. The van der Waals surface area contributed by atoms with Crippen molar-refractivity contribution in [2.24, 2.45) is 4.99 Å². The van der Waals surface area contributed by atoms with E-state index in [2.05, 4.69) is 15.6 Å². The molecule has 158 valence electrons. The van der Waals surface area contributed by atoms with Crippen LogP contribution in [0.15, 0.2) is 53.5 Å². The summed E-state index contributed by atoms with van der Waals surface area (Å²) in [6.45, 7) is 4.07. The summed E-state index contributed by atoms with van der Waals surface area (Å²) in [7, 11) is 5.40. The molecule has 0 aliphatic heterocycles. The fourth-order valence-corrected chi connectivity index (χ4v) is 2.83. The van der Waals surface area contributed by atoms with Gasteiger partial charge in [0.2, 0.25) is 0 Å². The van der Waals surface area contributed by atoms with Crippen LogP contribution in [0, 0.1) is 6.92 Å². The molecule has 2 aromatic carbocycles. The van der Waals surface area contributed by atoms with Gasteiger partial charge >= 0.3 is 0 Å². The third-order valence-electron chi connectivity index (χ3n) is 4.46. The highest BCUT2D eigenvalue weighted by atomic mass is 127. The Morgan fingerprint density at radius 1 is 1.17 bits per heavy atom. The van der Waals surface area contributed by atoms with Gasteiger partial charge in [0, 0.05) is 33.3 Å². The normalized spacial score (nSPS) is 10.7. The van der Waals surface area contributed by atoms with Crippen LogP contribution in [-0.2, 0) is 6.42 Å². The summed E-state index contributed by atoms with van der Waals surface area (Å²) in [6, 6.07) is 15.7. The van der Waals surface area contributed by atoms with Crippen LogP contribution in [0.3, 0.4) is 0 Å². The molecule has 0 unspecified atom stereocenters. The van der Waals surface area contributed by atoms with Gasteiger partial charge in [-0.05, 0) is 42.7 Å². The number of amides is 1. The molecule has 7 heteroatoms. The van der Waals surface area contributed by atoms with Crippen LogP contribution >= 0.6 is 24.0 Å². The van der Waals surface area contributed by atoms with Gasteiger partial charge in [-0.3, -0.25) is 9.79 Å². The predicted octanol–water partition coefficient (Wildman–Crippen LogP) is 3.10. The maximum Gasteiger partial charge on any atom is 0.251 e. The van der Waals surface area contributed by atoms with Crippen molar-refractivity contribution >= 4 is 35.8 Å². The van der Waals surface area contributed by atoms with E-state index in [1.165, 1.54) is 0 Å². The summed E-state index contributed by atoms with van der Waals surface area (Å²) in [5.41, 5.74) is 2.91. The molecule has 0 spiro atoms. The minimum atomic E-state index is -0.0704. The van der Waals surface area contributed by atoms with Gasteiger partial charge in [0.15, 0.2) is 5.96 Å². The molecule has 29 heavy (non-hydrogen) atoms. The van der Waals surface area contributed by atoms with Crippen molar-refractivity contribution in [2.75, 3.05) is 40.8 Å². The Hall–Kier alpha value is -2.29. The van der Waals surface area contributed by atoms with Crippen molar-refractivity contribution in [3.05, 3.63) is 65.2 Å². The lowest BCUT2D eigenvalue weighted by Gasteiger charge is -2.22. The van der Waals surface area contributed by atoms with Gasteiger partial charge in [-0.15, -0.1) is 24.0 Å². The van der Waals surface area contributed by atoms with E-state index in [0.717, 1.165) is 42.3 Å². The predicted molar refractivity (Wildman–Crippen MR) is 130 cm³/mol. The summed E-state index contributed by atoms with van der Waals surface area (Å²) >= 11 is 0. The quantitative estimate of drug-likeness (QED) is 0.326. The minimum absolute atomic E-state index is 0. The van der Waals surface area contributed by atoms with Gasteiger partial charge in [-0.1, -0.05) is 30.3 Å². The van der Waals surface area contributed by atoms with Crippen LogP contribution < -0.4 is 15.4 Å². The second kappa shape index (κ2) is 13.0. The number of likely N-dealkylation sites (N-methyl/N-ethyl adjacent to an activating group) is 1. The molecule has 0 aliphatic rings. The topological polar surface area (TPSA) is 66.0 Å². The Morgan fingerprint density at radius 2 is 1.93 bits per heavy atom. The average molecular weight is 510 g/mol. The zero-order chi connectivity index (χ0) is 20.4. The van der Waals surface area contributed by atoms with Gasteiger partial charge in [-0.25, -0.2) is 0 Å². The van der Waals surface area contributed by atoms with E-state index >= 15 is 0 Å². The van der Waals surface area contributed by atoms with Crippen LogP contribution in [0.4, 0.5) is 0 Å². The van der Waals surface area contributed by atoms with Crippen molar-refractivity contribution < 1.29 is 9.53 Å². The number of rotatable bonds is 8. The van der Waals surface area contributed by atoms with Gasteiger partial charge in [0.25, 0.3) is 5.91 Å². The van der Waals surface area contributed by atoms with Crippen molar-refractivity contribution in [1.29, 1.82) is 0 Å². The number of nitrogens with one attached hydrogen (secondary N) is 2. The van der Waals surface area contributed by atoms with Crippen molar-refractivity contribution in [3.8, 4) is 5.75 Å². The zero-order valence-corrected chi connectivity index (χ0v) is 19.9. The average Bonchev–Trinajstić information content (AvgIpc) is 2.72. The van der Waals surface area contributed by atoms with E-state index in [-0.39, 0.29) is 29.9 Å². The van der Waals surface area contributed by atoms with E-state index in [4.69, 9.17) is 4.74 Å². The molecule has 0 saturated carbocycles. The molecule has 0 radical (unpaired) electrons. The molecule has 0 atom stereocenters. The molecular formula is C22H31IN4O2. The number of guanidine groups is 1. The molecule has 0 bridgehead atoms. The van der Waals surface area contributed by atoms with Gasteiger partial charge < -0.3 is 20.3 Å². The van der Waals surface area contributed by atoms with Crippen LogP contribution in [0.5, 0.6) is 5.75 Å². The van der Waals surface area contributed by atoms with Crippen molar-refractivity contribution in [2.45, 2.75) is 13.3 Å². The number of carbonyl (C=O) groups excluding carboxylic acids is 1. The highest BCUT2D eigenvalue weighted by Crippen LogP contribution is 2.15. The Bertz CT molecular complexity index is 811. The molecule has 0 aliphatic carbocycles. The number of aliphatic imine (C=N–C) groups is 1. The second-order valence-corrected chi connectivity index (χ2v) is 6.54. The molecule has 2 N–H and O–H groups in total. The molecule has 0 saturated heterocycles. The fraction of sp³-hybridized carbons (Fsp3) is 0.364. The standard InChI is InChI=1S/C22H30N4O2.HI/c1-17-8-5-6-11-20(17)28-15-14-26(4)22(24-3)25-13-12-18-9-7-10-19(16-18)21(27)23-2;/h5-11,16H,12-15H2,1-4H3,(H,23,27)(H,24,25);1H. The van der Waals surface area contributed by atoms with Crippen molar-refractivity contribution in [3.63, 3.8) is 0 Å². The molecule has 2 rings (SSSR count). The summed E-state index contributed by atoms with van der Waals surface area (Å²) in [5, 5.41) is 6.01. The minimum Gasteiger partial charge on any atom is -0.491 e. The molecule has 2 aromatic rings. The van der Waals surface area contributed by atoms with E-state index in [0.29, 0.717) is 12.2 Å². The summed E-state index contributed by atoms with van der Waals surface area (Å²) < 4.78 is 5.86. The van der Waals surface area contributed by atoms with Crippen LogP contribution in [0.2, 0.25) is 0 Å². The number of aryl methyl sites for hydroxylation is 1. The summed E-state index contributed by atoms with van der Waals surface area (Å²) in [5.74, 6) is 1.66. The first-order chi connectivity index (χ1) is 13.5. The van der Waals surface area contributed by atoms with Gasteiger partial charge in [-0.2, -0.15) is 0 Å². The first-order valence-corrected chi connectivity index (χ1v) is 9.46. The monoisotopic (exact) mass is 510 g/mol. The summed E-state index contributed by atoms with van der Waals surface area (Å²) in [4.78, 5) is 18.1. The lowest BCUT2D eigenvalue weighted by atomic mass is 10.1. The Kier molecular flexibility index (Phi) is 11.1. The number of nitrogens with zero attached hydrogens (tertiary/aromatic N) is 2. The SMILES string of the molecule is CN=C(NCCc1cccc(C(=O)NC)c1)N(C)CCOc1ccccc1C.I. The molecule has 1 amide bonds.